The van der Waals surface area contributed by atoms with Crippen LogP contribution in [0.25, 0.3) is 10.4 Å². The zero-order chi connectivity index (χ0) is 9.97. The van der Waals surface area contributed by atoms with Crippen LogP contribution in [0.1, 0.15) is 5.56 Å². The molecule has 0 saturated heterocycles. The minimum absolute atomic E-state index is 0.132. The first-order valence-corrected chi connectivity index (χ1v) is 4.95. The third kappa shape index (κ3) is 1.61. The number of hydrogen-bond acceptors (Lipinski definition) is 3. The van der Waals surface area contributed by atoms with Gasteiger partial charge in [-0.25, -0.2) is 0 Å². The van der Waals surface area contributed by atoms with Crippen molar-refractivity contribution < 1.29 is 5.11 Å². The van der Waals surface area contributed by atoms with Crippen molar-refractivity contribution in [3.05, 3.63) is 41.3 Å². The van der Waals surface area contributed by atoms with Gasteiger partial charge in [-0.1, -0.05) is 6.07 Å². The Morgan fingerprint density at radius 2 is 2.14 bits per heavy atom. The van der Waals surface area contributed by atoms with Crippen LogP contribution in [0.2, 0.25) is 0 Å². The summed E-state index contributed by atoms with van der Waals surface area (Å²) in [6.07, 6.45) is 0. The standard InChI is InChI=1S/C11H7NOS/c12-7-8-4-9(6-10(13)5-8)11-2-1-3-14-11/h1-6,13H. The molecule has 1 N–H and O–H groups in total. The third-order valence-electron chi connectivity index (χ3n) is 1.85. The van der Waals surface area contributed by atoms with Crippen molar-refractivity contribution in [1.82, 2.24) is 0 Å². The Kier molecular flexibility index (Phi) is 2.21. The maximum absolute atomic E-state index is 9.38. The SMILES string of the molecule is N#Cc1cc(O)cc(-c2cccs2)c1. The van der Waals surface area contributed by atoms with Gasteiger partial charge in [0.1, 0.15) is 5.75 Å². The molecule has 0 atom stereocenters. The number of benzene rings is 1. The Morgan fingerprint density at radius 1 is 1.29 bits per heavy atom. The fourth-order valence-electron chi connectivity index (χ4n) is 1.26. The van der Waals surface area contributed by atoms with E-state index in [1.807, 2.05) is 23.6 Å². The summed E-state index contributed by atoms with van der Waals surface area (Å²) in [5.74, 6) is 0.132. The zero-order valence-electron chi connectivity index (χ0n) is 7.27. The van der Waals surface area contributed by atoms with E-state index in [0.29, 0.717) is 5.56 Å². The van der Waals surface area contributed by atoms with Gasteiger partial charge >= 0.3 is 0 Å². The van der Waals surface area contributed by atoms with E-state index in [-0.39, 0.29) is 5.75 Å². The number of nitriles is 1. The second-order valence-corrected chi connectivity index (χ2v) is 3.81. The van der Waals surface area contributed by atoms with E-state index in [1.54, 1.807) is 23.5 Å². The lowest BCUT2D eigenvalue weighted by atomic mass is 10.1. The lowest BCUT2D eigenvalue weighted by Crippen LogP contribution is -1.77. The smallest absolute Gasteiger partial charge is 0.117 e. The van der Waals surface area contributed by atoms with Gasteiger partial charge in [0.2, 0.25) is 0 Å². The molecule has 0 aliphatic heterocycles. The summed E-state index contributed by atoms with van der Waals surface area (Å²) in [5.41, 5.74) is 1.37. The van der Waals surface area contributed by atoms with Crippen LogP contribution in [-0.4, -0.2) is 5.11 Å². The highest BCUT2D eigenvalue weighted by atomic mass is 32.1. The van der Waals surface area contributed by atoms with Gasteiger partial charge in [-0.15, -0.1) is 11.3 Å². The van der Waals surface area contributed by atoms with E-state index in [0.717, 1.165) is 10.4 Å². The number of nitrogens with zero attached hydrogens (tertiary/aromatic N) is 1. The Balaban J connectivity index is 2.55. The maximum Gasteiger partial charge on any atom is 0.117 e. The van der Waals surface area contributed by atoms with Crippen molar-refractivity contribution in [1.29, 1.82) is 5.26 Å². The molecule has 14 heavy (non-hydrogen) atoms. The maximum atomic E-state index is 9.38. The summed E-state index contributed by atoms with van der Waals surface area (Å²) in [6, 6.07) is 10.8. The largest absolute Gasteiger partial charge is 0.508 e. The molecule has 2 rings (SSSR count). The van der Waals surface area contributed by atoms with Crippen molar-refractivity contribution in [2.24, 2.45) is 0 Å². The van der Waals surface area contributed by atoms with Crippen molar-refractivity contribution in [3.8, 4) is 22.3 Å². The van der Waals surface area contributed by atoms with Crippen LogP contribution >= 0.6 is 11.3 Å². The first-order valence-electron chi connectivity index (χ1n) is 4.07. The molecule has 0 radical (unpaired) electrons. The molecule has 2 nitrogen and oxygen atoms in total. The monoisotopic (exact) mass is 201 g/mol. The molecule has 0 bridgehead atoms. The molecule has 0 amide bonds. The zero-order valence-corrected chi connectivity index (χ0v) is 8.08. The second-order valence-electron chi connectivity index (χ2n) is 2.86. The van der Waals surface area contributed by atoms with Gasteiger partial charge in [0.05, 0.1) is 11.6 Å². The topological polar surface area (TPSA) is 44.0 Å². The Labute approximate surface area is 85.7 Å². The lowest BCUT2D eigenvalue weighted by Gasteiger charge is -1.99. The van der Waals surface area contributed by atoms with Crippen molar-refractivity contribution >= 4 is 11.3 Å². The molecule has 0 spiro atoms. The van der Waals surface area contributed by atoms with Gasteiger partial charge in [-0.3, -0.25) is 0 Å². The molecule has 1 heterocycles. The van der Waals surface area contributed by atoms with Crippen LogP contribution in [0.3, 0.4) is 0 Å². The summed E-state index contributed by atoms with van der Waals surface area (Å²) < 4.78 is 0. The van der Waals surface area contributed by atoms with E-state index >= 15 is 0 Å². The number of phenols is 1. The number of thiophene rings is 1. The Bertz CT molecular complexity index is 482. The predicted octanol–water partition coefficient (Wildman–Crippen LogP) is 2.99. The summed E-state index contributed by atoms with van der Waals surface area (Å²) in [5, 5.41) is 20.1. The van der Waals surface area contributed by atoms with Crippen LogP contribution in [0.4, 0.5) is 0 Å². The molecule has 1 aromatic heterocycles. The van der Waals surface area contributed by atoms with E-state index in [4.69, 9.17) is 5.26 Å². The van der Waals surface area contributed by atoms with Gasteiger partial charge < -0.3 is 5.11 Å². The van der Waals surface area contributed by atoms with Crippen LogP contribution in [0.5, 0.6) is 5.75 Å². The van der Waals surface area contributed by atoms with Crippen LogP contribution in [0.15, 0.2) is 35.7 Å². The molecule has 2 aromatic rings. The van der Waals surface area contributed by atoms with E-state index in [9.17, 15) is 5.11 Å². The highest BCUT2D eigenvalue weighted by molar-refractivity contribution is 7.13. The average Bonchev–Trinajstić information content (AvgIpc) is 2.69. The molecule has 68 valence electrons. The van der Waals surface area contributed by atoms with Crippen molar-refractivity contribution in [2.45, 2.75) is 0 Å². The number of rotatable bonds is 1. The van der Waals surface area contributed by atoms with E-state index < -0.39 is 0 Å². The molecule has 0 saturated carbocycles. The number of phenolic OH excluding ortho intramolecular Hbond substituents is 1. The number of hydrogen-bond donors (Lipinski definition) is 1. The minimum Gasteiger partial charge on any atom is -0.508 e. The van der Waals surface area contributed by atoms with Gasteiger partial charge in [0.15, 0.2) is 0 Å². The van der Waals surface area contributed by atoms with E-state index in [1.165, 1.54) is 6.07 Å². The molecule has 3 heteroatoms. The molecule has 0 fully saturated rings. The fraction of sp³-hybridized carbons (Fsp3) is 0. The van der Waals surface area contributed by atoms with Gasteiger partial charge in [0, 0.05) is 4.88 Å². The highest BCUT2D eigenvalue weighted by Crippen LogP contribution is 2.28. The summed E-state index contributed by atoms with van der Waals surface area (Å²) in [7, 11) is 0. The Morgan fingerprint density at radius 3 is 2.79 bits per heavy atom. The molecule has 0 aliphatic carbocycles. The van der Waals surface area contributed by atoms with E-state index in [2.05, 4.69) is 0 Å². The summed E-state index contributed by atoms with van der Waals surface area (Å²) in [6.45, 7) is 0. The first kappa shape index (κ1) is 8.79. The third-order valence-corrected chi connectivity index (χ3v) is 2.77. The van der Waals surface area contributed by atoms with Crippen LogP contribution in [-0.2, 0) is 0 Å². The van der Waals surface area contributed by atoms with Crippen LogP contribution in [0, 0.1) is 11.3 Å². The quantitative estimate of drug-likeness (QED) is 0.770. The Hall–Kier alpha value is -1.79. The first-order chi connectivity index (χ1) is 6.79. The summed E-state index contributed by atoms with van der Waals surface area (Å²) >= 11 is 1.58. The molecular formula is C11H7NOS. The summed E-state index contributed by atoms with van der Waals surface area (Å²) in [4.78, 5) is 1.05. The molecular weight excluding hydrogens is 194 g/mol. The van der Waals surface area contributed by atoms with Crippen LogP contribution < -0.4 is 0 Å². The van der Waals surface area contributed by atoms with Gasteiger partial charge in [0.25, 0.3) is 0 Å². The average molecular weight is 201 g/mol. The normalized spacial score (nSPS) is 9.64. The van der Waals surface area contributed by atoms with Crippen molar-refractivity contribution in [2.75, 3.05) is 0 Å². The molecule has 1 aromatic carbocycles. The minimum atomic E-state index is 0.132. The van der Waals surface area contributed by atoms with Gasteiger partial charge in [-0.2, -0.15) is 5.26 Å². The number of aromatic hydroxyl groups is 1. The molecule has 0 unspecified atom stereocenters. The predicted molar refractivity (Wildman–Crippen MR) is 56.1 cm³/mol. The van der Waals surface area contributed by atoms with Gasteiger partial charge in [-0.05, 0) is 35.2 Å². The fourth-order valence-corrected chi connectivity index (χ4v) is 1.98. The highest BCUT2D eigenvalue weighted by Gasteiger charge is 2.02. The second kappa shape index (κ2) is 3.52. The van der Waals surface area contributed by atoms with Crippen molar-refractivity contribution in [3.63, 3.8) is 0 Å². The lowest BCUT2D eigenvalue weighted by molar-refractivity contribution is 0.475. The molecule has 0 aliphatic rings.